The number of rotatable bonds is 1. The number of hydrogen-bond acceptors (Lipinski definition) is 21. The normalized spacial score (nSPS) is 27.1. The van der Waals surface area contributed by atoms with Crippen molar-refractivity contribution < 1.29 is 87.6 Å². The number of nitrogens with zero attached hydrogens (tertiary/aromatic N) is 1. The zero-order valence-electron chi connectivity index (χ0n) is 31.7. The zero-order valence-corrected chi connectivity index (χ0v) is 33.4. The van der Waals surface area contributed by atoms with Crippen LogP contribution < -0.4 is 27.0 Å². The van der Waals surface area contributed by atoms with Gasteiger partial charge in [-0.05, 0) is 34.6 Å². The summed E-state index contributed by atoms with van der Waals surface area (Å²) in [5.74, 6) is 0.271. The maximum atomic E-state index is 10.2. The van der Waals surface area contributed by atoms with Crippen LogP contribution in [0.4, 0.5) is 14.4 Å². The highest BCUT2D eigenvalue weighted by Gasteiger charge is 2.26. The standard InChI is InChI=1S/C5H10O2.C4H9N3.C4H8N2O.C4H7NO2.C4H8O3.C3H4O3.C2H5O4P.C2H4O4S/c1-5(2)6-3-4-7-5;1-3-2-6-4(5)7-3;1-3-2-5-4(7)6-3;1-3-2-5-4(6)7-3;1-5-4-6-2-3-7-4;4-3-5-1-2-6-3;2*3-7(4)5-1-2-6-7/h3-4H2,1-2H3;3H,2H2,1H3,(H3,5,6,7);3H,2H2,1H3,(H2,5,6,7);3H,2H2,1H3,(H,5,6);4H,2-3H2,1H3;1-2H2;1-2H2,(H,3,4);1-2H2/t;3*3-;;;;/m.000..../s1. The average molecular weight is 843 g/mol. The van der Waals surface area contributed by atoms with E-state index in [0.717, 1.165) is 26.3 Å². The van der Waals surface area contributed by atoms with E-state index < -0.39 is 30.9 Å². The molecule has 0 radical (unpaired) electrons. The number of phosphoric ester groups is 1. The number of phosphoric acid groups is 1. The van der Waals surface area contributed by atoms with Crippen LogP contribution in [-0.4, -0.2) is 161 Å². The molecule has 0 saturated carbocycles. The largest absolute Gasteiger partial charge is 0.508 e. The molecule has 25 nitrogen and oxygen atoms in total. The monoisotopic (exact) mass is 842 g/mol. The van der Waals surface area contributed by atoms with Crippen molar-refractivity contribution in [2.75, 3.05) is 92.8 Å². The highest BCUT2D eigenvalue weighted by Crippen LogP contribution is 2.46. The molecule has 0 unspecified atom stereocenters. The molecule has 7 fully saturated rings. The van der Waals surface area contributed by atoms with Crippen molar-refractivity contribution >= 4 is 42.5 Å². The maximum absolute atomic E-state index is 10.2. The number of aliphatic imine (C=N–C) groups is 1. The first-order valence-corrected chi connectivity index (χ1v) is 19.7. The molecule has 0 aliphatic carbocycles. The summed E-state index contributed by atoms with van der Waals surface area (Å²) in [5.41, 5.74) is 5.26. The lowest BCUT2D eigenvalue weighted by Crippen LogP contribution is -2.32. The Morgan fingerprint density at radius 2 is 1.38 bits per heavy atom. The van der Waals surface area contributed by atoms with Gasteiger partial charge in [0.2, 0.25) is 0 Å². The number of methoxy groups -OCH3 is 1. The number of ether oxygens (including phenoxy) is 8. The van der Waals surface area contributed by atoms with Gasteiger partial charge < -0.3 is 69.8 Å². The van der Waals surface area contributed by atoms with Gasteiger partial charge in [0.1, 0.15) is 19.3 Å². The van der Waals surface area contributed by atoms with E-state index >= 15 is 0 Å². The minimum atomic E-state index is -3.55. The fraction of sp³-hybridized carbons (Fsp3) is 0.857. The molecule has 0 aromatic carbocycles. The molecule has 55 heavy (non-hydrogen) atoms. The molecule has 0 bridgehead atoms. The molecule has 0 aromatic rings. The Morgan fingerprint density at radius 3 is 1.55 bits per heavy atom. The van der Waals surface area contributed by atoms with Gasteiger partial charge in [-0.25, -0.2) is 27.3 Å². The summed E-state index contributed by atoms with van der Waals surface area (Å²) in [7, 11) is -5.54. The number of amides is 3. The molecule has 0 aromatic heterocycles. The Morgan fingerprint density at radius 1 is 0.818 bits per heavy atom. The van der Waals surface area contributed by atoms with Crippen LogP contribution in [0.1, 0.15) is 34.6 Å². The number of nitrogens with one attached hydrogen (secondary N) is 4. The van der Waals surface area contributed by atoms with Crippen LogP contribution in [0.5, 0.6) is 0 Å². The zero-order chi connectivity index (χ0) is 41.3. The minimum absolute atomic E-state index is 0.0486. The first kappa shape index (κ1) is 49.9. The third-order valence-electron chi connectivity index (χ3n) is 6.14. The first-order valence-electron chi connectivity index (χ1n) is 16.9. The molecule has 7 saturated heterocycles. The molecule has 3 atom stereocenters. The number of carbonyl (C=O) groups is 3. The lowest BCUT2D eigenvalue weighted by atomic mass is 10.4. The molecule has 7 N–H and O–H groups in total. The van der Waals surface area contributed by atoms with Gasteiger partial charge in [0.25, 0.3) is 6.48 Å². The molecule has 0 spiro atoms. The lowest BCUT2D eigenvalue weighted by molar-refractivity contribution is -0.214. The first-order chi connectivity index (χ1) is 25.8. The Bertz CT molecular complexity index is 1260. The van der Waals surface area contributed by atoms with Crippen LogP contribution in [0.15, 0.2) is 4.99 Å². The predicted molar refractivity (Wildman–Crippen MR) is 188 cm³/mol. The van der Waals surface area contributed by atoms with E-state index in [1.165, 1.54) is 0 Å². The predicted octanol–water partition coefficient (Wildman–Crippen LogP) is -0.607. The molecule has 3 amide bonds. The van der Waals surface area contributed by atoms with Crippen molar-refractivity contribution in [3.05, 3.63) is 0 Å². The van der Waals surface area contributed by atoms with E-state index in [4.69, 9.17) is 29.6 Å². The number of alkyl carbamates (subject to hydrolysis) is 1. The fourth-order valence-electron chi connectivity index (χ4n) is 3.67. The number of guanidine groups is 1. The van der Waals surface area contributed by atoms with E-state index in [1.807, 2.05) is 34.6 Å². The van der Waals surface area contributed by atoms with E-state index in [1.54, 1.807) is 7.11 Å². The summed E-state index contributed by atoms with van der Waals surface area (Å²) in [6.45, 7) is 15.9. The second kappa shape index (κ2) is 26.7. The Hall–Kier alpha value is -3.14. The van der Waals surface area contributed by atoms with Crippen molar-refractivity contribution in [2.45, 2.75) is 65.1 Å². The van der Waals surface area contributed by atoms with Gasteiger partial charge in [-0.3, -0.25) is 14.0 Å². The molecule has 8 aliphatic rings. The van der Waals surface area contributed by atoms with Gasteiger partial charge in [0.15, 0.2) is 11.7 Å². The second-order valence-corrected chi connectivity index (χ2v) is 14.4. The van der Waals surface area contributed by atoms with Gasteiger partial charge >= 0.3 is 36.5 Å². The molecule has 8 rings (SSSR count). The highest BCUT2D eigenvalue weighted by molar-refractivity contribution is 7.82. The highest BCUT2D eigenvalue weighted by atomic mass is 32.3. The van der Waals surface area contributed by atoms with Crippen molar-refractivity contribution in [3.63, 3.8) is 0 Å². The number of urea groups is 1. The van der Waals surface area contributed by atoms with Gasteiger partial charge in [0.05, 0.1) is 65.9 Å². The third kappa shape index (κ3) is 27.2. The van der Waals surface area contributed by atoms with Gasteiger partial charge in [-0.15, -0.1) is 0 Å². The minimum Gasteiger partial charge on any atom is -0.445 e. The average Bonchev–Trinajstić information content (AvgIpc) is 3.95. The van der Waals surface area contributed by atoms with E-state index in [2.05, 4.69) is 62.6 Å². The quantitative estimate of drug-likeness (QED) is 0.142. The summed E-state index contributed by atoms with van der Waals surface area (Å²) in [4.78, 5) is 42.4. The molecule has 27 heteroatoms. The van der Waals surface area contributed by atoms with Crippen LogP contribution in [0.25, 0.3) is 0 Å². The number of nitrogens with two attached hydrogens (primary N) is 1. The smallest absolute Gasteiger partial charge is 0.445 e. The molecular weight excluding hydrogens is 787 g/mol. The molecule has 322 valence electrons. The van der Waals surface area contributed by atoms with E-state index in [-0.39, 0.29) is 50.4 Å². The van der Waals surface area contributed by atoms with Crippen LogP contribution >= 0.6 is 7.82 Å². The Kier molecular flexibility index (Phi) is 24.2. The van der Waals surface area contributed by atoms with E-state index in [0.29, 0.717) is 51.0 Å². The number of cyclic esters (lactones) is 3. The van der Waals surface area contributed by atoms with Crippen molar-refractivity contribution in [2.24, 2.45) is 10.7 Å². The van der Waals surface area contributed by atoms with Crippen molar-refractivity contribution in [1.82, 2.24) is 21.3 Å². The molecular formula is C28H55N6O19PS. The topological polar surface area (TPSA) is 320 Å². The summed E-state index contributed by atoms with van der Waals surface area (Å²) < 4.78 is 84.5. The lowest BCUT2D eigenvalue weighted by Gasteiger charge is -2.13. The van der Waals surface area contributed by atoms with Crippen LogP contribution in [-0.2, 0) is 70.3 Å². The summed E-state index contributed by atoms with van der Waals surface area (Å²) >= 11 is 0. The van der Waals surface area contributed by atoms with Crippen molar-refractivity contribution in [1.29, 1.82) is 0 Å². The van der Waals surface area contributed by atoms with Crippen LogP contribution in [0.3, 0.4) is 0 Å². The fourth-order valence-corrected chi connectivity index (χ4v) is 4.97. The summed E-state index contributed by atoms with van der Waals surface area (Å²) in [5, 5.41) is 10.7. The third-order valence-corrected chi connectivity index (χ3v) is 8.07. The molecule has 8 aliphatic heterocycles. The number of carbonyl (C=O) groups excluding carboxylic acids is 3. The number of hydrogen-bond donors (Lipinski definition) is 6. The summed E-state index contributed by atoms with van der Waals surface area (Å²) in [6, 6.07) is 0.708. The second-order valence-electron chi connectivity index (χ2n) is 11.6. The van der Waals surface area contributed by atoms with Crippen molar-refractivity contribution in [3.8, 4) is 0 Å². The van der Waals surface area contributed by atoms with Crippen LogP contribution in [0, 0.1) is 0 Å². The SMILES string of the molecule is CC1(C)OCCO1.COC1OCCO1.C[C@H]1CN=C(N)N1.C[C@H]1CNC(=O)N1.C[C@H]1CNC(=O)O1.O=C1OCCO1.O=P1(O)OCCO1.O=S1(=O)OCCO1. The maximum Gasteiger partial charge on any atom is 0.508 e. The van der Waals surface area contributed by atoms with E-state index in [9.17, 15) is 27.4 Å². The molecule has 8 heterocycles. The van der Waals surface area contributed by atoms with Crippen LogP contribution in [0.2, 0.25) is 0 Å². The van der Waals surface area contributed by atoms with Gasteiger partial charge in [-0.1, -0.05) is 0 Å². The summed E-state index contributed by atoms with van der Waals surface area (Å²) in [6.07, 6.45) is -0.782. The Balaban J connectivity index is 0.000000314. The van der Waals surface area contributed by atoms with Gasteiger partial charge in [-0.2, -0.15) is 8.42 Å². The Labute approximate surface area is 319 Å². The van der Waals surface area contributed by atoms with Gasteiger partial charge in [0, 0.05) is 25.7 Å².